The fraction of sp³-hybridized carbons (Fsp3) is 0.300. The van der Waals surface area contributed by atoms with Crippen molar-refractivity contribution in [3.05, 3.63) is 23.3 Å². The molecule has 68 valence electrons. The summed E-state index contributed by atoms with van der Waals surface area (Å²) in [5.74, 6) is -0.362. The molecule has 0 heterocycles. The largest absolute Gasteiger partial charge is 0.504 e. The van der Waals surface area contributed by atoms with E-state index in [-0.39, 0.29) is 17.4 Å². The Labute approximate surface area is 75.6 Å². The van der Waals surface area contributed by atoms with Gasteiger partial charge in [-0.3, -0.25) is 0 Å². The highest BCUT2D eigenvalue weighted by Crippen LogP contribution is 2.38. The highest BCUT2D eigenvalue weighted by molar-refractivity contribution is 5.67. The van der Waals surface area contributed by atoms with Crippen LogP contribution in [-0.2, 0) is 11.2 Å². The van der Waals surface area contributed by atoms with Crippen molar-refractivity contribution in [3.63, 3.8) is 0 Å². The first kappa shape index (κ1) is 8.10. The van der Waals surface area contributed by atoms with Crippen molar-refractivity contribution in [2.45, 2.75) is 18.8 Å². The van der Waals surface area contributed by atoms with E-state index in [1.165, 1.54) is 12.1 Å². The van der Waals surface area contributed by atoms with Crippen LogP contribution >= 0.6 is 0 Å². The average Bonchev–Trinajstić information content (AvgIpc) is 2.48. The molecule has 2 N–H and O–H groups in total. The van der Waals surface area contributed by atoms with Gasteiger partial charge in [0.25, 0.3) is 0 Å². The predicted octanol–water partition coefficient (Wildman–Crippen LogP) is 1.33. The van der Waals surface area contributed by atoms with Crippen LogP contribution in [0.1, 0.15) is 23.5 Å². The Morgan fingerprint density at radius 1 is 1.31 bits per heavy atom. The number of hydrogen-bond acceptors (Lipinski definition) is 3. The Balaban J connectivity index is 2.53. The average molecular weight is 178 g/mol. The summed E-state index contributed by atoms with van der Waals surface area (Å²) in [4.78, 5) is 10.6. The third kappa shape index (κ3) is 1.16. The smallest absolute Gasteiger partial charge is 0.157 e. The molecule has 1 aromatic carbocycles. The van der Waals surface area contributed by atoms with Crippen molar-refractivity contribution < 1.29 is 15.0 Å². The standard InChI is InChI=1S/C10H10O3/c11-5-7-2-1-6-3-9(12)10(13)4-8(6)7/h3-5,7,12-13H,1-2H2. The maximum absolute atomic E-state index is 10.6. The number of benzene rings is 1. The van der Waals surface area contributed by atoms with Crippen molar-refractivity contribution in [1.29, 1.82) is 0 Å². The molecule has 1 aliphatic rings. The zero-order valence-corrected chi connectivity index (χ0v) is 7.03. The zero-order chi connectivity index (χ0) is 9.42. The molecule has 13 heavy (non-hydrogen) atoms. The number of hydrogen-bond donors (Lipinski definition) is 2. The Bertz CT molecular complexity index is 357. The van der Waals surface area contributed by atoms with Crippen molar-refractivity contribution in [1.82, 2.24) is 0 Å². The molecule has 0 saturated heterocycles. The summed E-state index contributed by atoms with van der Waals surface area (Å²) in [6.45, 7) is 0. The monoisotopic (exact) mass is 178 g/mol. The van der Waals surface area contributed by atoms with E-state index in [9.17, 15) is 15.0 Å². The number of aromatic hydroxyl groups is 2. The van der Waals surface area contributed by atoms with Crippen LogP contribution in [0, 0.1) is 0 Å². The molecule has 3 nitrogen and oxygen atoms in total. The van der Waals surface area contributed by atoms with Crippen molar-refractivity contribution >= 4 is 6.29 Å². The summed E-state index contributed by atoms with van der Waals surface area (Å²) in [5, 5.41) is 18.4. The lowest BCUT2D eigenvalue weighted by molar-refractivity contribution is -0.109. The van der Waals surface area contributed by atoms with Gasteiger partial charge in [-0.2, -0.15) is 0 Å². The summed E-state index contributed by atoms with van der Waals surface area (Å²) in [6, 6.07) is 3.02. The van der Waals surface area contributed by atoms with Gasteiger partial charge in [-0.15, -0.1) is 0 Å². The first-order chi connectivity index (χ1) is 6.22. The van der Waals surface area contributed by atoms with E-state index < -0.39 is 0 Å². The number of aryl methyl sites for hydroxylation is 1. The Morgan fingerprint density at radius 3 is 2.69 bits per heavy atom. The molecule has 0 amide bonds. The second-order valence-electron chi connectivity index (χ2n) is 3.32. The predicted molar refractivity (Wildman–Crippen MR) is 46.9 cm³/mol. The van der Waals surface area contributed by atoms with Gasteiger partial charge in [-0.25, -0.2) is 0 Å². The van der Waals surface area contributed by atoms with E-state index in [2.05, 4.69) is 0 Å². The van der Waals surface area contributed by atoms with E-state index in [1.54, 1.807) is 0 Å². The molecule has 0 spiro atoms. The van der Waals surface area contributed by atoms with Crippen LogP contribution in [0.5, 0.6) is 11.5 Å². The van der Waals surface area contributed by atoms with Gasteiger partial charge >= 0.3 is 0 Å². The van der Waals surface area contributed by atoms with E-state index in [4.69, 9.17) is 0 Å². The minimum absolute atomic E-state index is 0.106. The topological polar surface area (TPSA) is 57.5 Å². The highest BCUT2D eigenvalue weighted by Gasteiger charge is 2.23. The molecule has 0 bridgehead atoms. The second kappa shape index (κ2) is 2.76. The van der Waals surface area contributed by atoms with Gasteiger partial charge in [0, 0.05) is 5.92 Å². The fourth-order valence-electron chi connectivity index (χ4n) is 1.81. The molecule has 3 heteroatoms. The van der Waals surface area contributed by atoms with Gasteiger partial charge in [0.2, 0.25) is 0 Å². The molecule has 0 saturated carbocycles. The van der Waals surface area contributed by atoms with Crippen molar-refractivity contribution in [2.75, 3.05) is 0 Å². The zero-order valence-electron chi connectivity index (χ0n) is 7.03. The SMILES string of the molecule is O=CC1CCc2cc(O)c(O)cc21. The molecular formula is C10H10O3. The van der Waals surface area contributed by atoms with Gasteiger partial charge in [-0.1, -0.05) is 0 Å². The van der Waals surface area contributed by atoms with Crippen LogP contribution in [0.25, 0.3) is 0 Å². The maximum atomic E-state index is 10.6. The molecular weight excluding hydrogens is 168 g/mol. The lowest BCUT2D eigenvalue weighted by Crippen LogP contribution is -1.93. The summed E-state index contributed by atoms with van der Waals surface area (Å²) in [5.41, 5.74) is 1.82. The summed E-state index contributed by atoms with van der Waals surface area (Å²) in [7, 11) is 0. The number of fused-ring (bicyclic) bond motifs is 1. The van der Waals surface area contributed by atoms with Crippen molar-refractivity contribution in [2.24, 2.45) is 0 Å². The van der Waals surface area contributed by atoms with Gasteiger partial charge in [0.15, 0.2) is 11.5 Å². The van der Waals surface area contributed by atoms with Gasteiger partial charge < -0.3 is 15.0 Å². The van der Waals surface area contributed by atoms with E-state index >= 15 is 0 Å². The Kier molecular flexibility index (Phi) is 1.72. The number of carbonyl (C=O) groups excluding carboxylic acids is 1. The number of aldehydes is 1. The second-order valence-corrected chi connectivity index (χ2v) is 3.32. The quantitative estimate of drug-likeness (QED) is 0.503. The number of phenolic OH excluding ortho intramolecular Hbond substituents is 2. The summed E-state index contributed by atoms with van der Waals surface area (Å²) in [6.07, 6.45) is 2.47. The van der Waals surface area contributed by atoms with Gasteiger partial charge in [0.05, 0.1) is 0 Å². The third-order valence-electron chi connectivity index (χ3n) is 2.52. The lowest BCUT2D eigenvalue weighted by atomic mass is 10.0. The van der Waals surface area contributed by atoms with Crippen LogP contribution < -0.4 is 0 Å². The summed E-state index contributed by atoms with van der Waals surface area (Å²) >= 11 is 0. The molecule has 1 aromatic rings. The first-order valence-electron chi connectivity index (χ1n) is 4.22. The number of phenols is 2. The van der Waals surface area contributed by atoms with Crippen LogP contribution in [-0.4, -0.2) is 16.5 Å². The molecule has 1 unspecified atom stereocenters. The van der Waals surface area contributed by atoms with Gasteiger partial charge in [0.1, 0.15) is 6.29 Å². The van der Waals surface area contributed by atoms with Crippen LogP contribution in [0.2, 0.25) is 0 Å². The Hall–Kier alpha value is -1.51. The van der Waals surface area contributed by atoms with Crippen LogP contribution in [0.4, 0.5) is 0 Å². The Morgan fingerprint density at radius 2 is 2.00 bits per heavy atom. The molecule has 0 radical (unpaired) electrons. The van der Waals surface area contributed by atoms with E-state index in [0.717, 1.165) is 30.3 Å². The minimum Gasteiger partial charge on any atom is -0.504 e. The van der Waals surface area contributed by atoms with Crippen LogP contribution in [0.15, 0.2) is 12.1 Å². The van der Waals surface area contributed by atoms with Gasteiger partial charge in [-0.05, 0) is 36.1 Å². The third-order valence-corrected chi connectivity index (χ3v) is 2.52. The molecule has 0 fully saturated rings. The van der Waals surface area contributed by atoms with E-state index in [0.29, 0.717) is 0 Å². The fourth-order valence-corrected chi connectivity index (χ4v) is 1.81. The first-order valence-corrected chi connectivity index (χ1v) is 4.22. The molecule has 2 rings (SSSR count). The summed E-state index contributed by atoms with van der Waals surface area (Å²) < 4.78 is 0. The molecule has 0 aromatic heterocycles. The van der Waals surface area contributed by atoms with Crippen LogP contribution in [0.3, 0.4) is 0 Å². The van der Waals surface area contributed by atoms with E-state index in [1.807, 2.05) is 0 Å². The number of carbonyl (C=O) groups is 1. The normalized spacial score (nSPS) is 19.8. The maximum Gasteiger partial charge on any atom is 0.157 e. The minimum atomic E-state index is -0.146. The lowest BCUT2D eigenvalue weighted by Gasteiger charge is -2.05. The highest BCUT2D eigenvalue weighted by atomic mass is 16.3. The molecule has 1 atom stereocenters. The number of rotatable bonds is 1. The van der Waals surface area contributed by atoms with Crippen molar-refractivity contribution in [3.8, 4) is 11.5 Å². The molecule has 1 aliphatic carbocycles. The molecule has 0 aliphatic heterocycles.